The minimum absolute atomic E-state index is 0.129. The molecule has 0 spiro atoms. The maximum absolute atomic E-state index is 12.7. The van der Waals surface area contributed by atoms with Gasteiger partial charge >= 0.3 is 0 Å². The number of rotatable bonds is 7. The van der Waals surface area contributed by atoms with Crippen molar-refractivity contribution in [2.24, 2.45) is 0 Å². The normalized spacial score (nSPS) is 10.2. The van der Waals surface area contributed by atoms with Gasteiger partial charge in [-0.3, -0.25) is 19.7 Å². The van der Waals surface area contributed by atoms with Gasteiger partial charge in [0.15, 0.2) is 0 Å². The highest BCUT2D eigenvalue weighted by molar-refractivity contribution is 6.00. The summed E-state index contributed by atoms with van der Waals surface area (Å²) in [7, 11) is 1.50. The number of methoxy groups -OCH3 is 1. The van der Waals surface area contributed by atoms with Crippen molar-refractivity contribution in [3.05, 3.63) is 63.7 Å². The maximum Gasteiger partial charge on any atom is 0.273 e. The number of benzene rings is 2. The van der Waals surface area contributed by atoms with Crippen molar-refractivity contribution in [1.82, 2.24) is 4.90 Å². The van der Waals surface area contributed by atoms with Crippen molar-refractivity contribution in [1.29, 1.82) is 0 Å². The summed E-state index contributed by atoms with van der Waals surface area (Å²) >= 11 is 0. The number of carbonyl (C=O) groups excluding carboxylic acids is 2. The molecule has 0 aromatic heterocycles. The average Bonchev–Trinajstić information content (AvgIpc) is 2.66. The first-order valence-corrected chi connectivity index (χ1v) is 8.34. The van der Waals surface area contributed by atoms with Gasteiger partial charge in [0.25, 0.3) is 11.6 Å². The number of nitrogens with zero attached hydrogens (tertiary/aromatic N) is 2. The Kier molecular flexibility index (Phi) is 6.48. The largest absolute Gasteiger partial charge is 0.495 e. The Bertz CT molecular complexity index is 866. The van der Waals surface area contributed by atoms with E-state index in [1.807, 2.05) is 0 Å². The summed E-state index contributed by atoms with van der Waals surface area (Å²) in [6.07, 6.45) is 0. The molecule has 0 saturated heterocycles. The Morgan fingerprint density at radius 1 is 1.22 bits per heavy atom. The lowest BCUT2D eigenvalue weighted by molar-refractivity contribution is -0.385. The fraction of sp³-hybridized carbons (Fsp3) is 0.263. The zero-order valence-corrected chi connectivity index (χ0v) is 15.4. The molecular formula is C19H21N3O5. The predicted molar refractivity (Wildman–Crippen MR) is 101 cm³/mol. The molecule has 0 aliphatic heterocycles. The number of nitro benzene ring substituents is 1. The van der Waals surface area contributed by atoms with Crippen LogP contribution in [0.4, 0.5) is 11.4 Å². The Morgan fingerprint density at radius 2 is 1.93 bits per heavy atom. The number of nitrogens with one attached hydrogen (secondary N) is 1. The lowest BCUT2D eigenvalue weighted by Gasteiger charge is -2.21. The van der Waals surface area contributed by atoms with E-state index in [1.165, 1.54) is 30.2 Å². The van der Waals surface area contributed by atoms with Gasteiger partial charge in [-0.25, -0.2) is 0 Å². The van der Waals surface area contributed by atoms with Crippen LogP contribution in [0.1, 0.15) is 22.8 Å². The number of anilines is 1. The number of amides is 2. The quantitative estimate of drug-likeness (QED) is 0.595. The zero-order valence-electron chi connectivity index (χ0n) is 15.4. The second-order valence-electron chi connectivity index (χ2n) is 5.83. The van der Waals surface area contributed by atoms with Crippen molar-refractivity contribution >= 4 is 23.2 Å². The number of likely N-dealkylation sites (N-methyl/N-ethyl adjacent to an activating group) is 1. The number of carbonyl (C=O) groups is 2. The SMILES string of the molecule is CCN(CC(=O)Nc1ccccc1OC)C(=O)c1ccc(C)c([N+](=O)[O-])c1. The molecule has 0 aliphatic rings. The van der Waals surface area contributed by atoms with E-state index in [9.17, 15) is 19.7 Å². The van der Waals surface area contributed by atoms with Gasteiger partial charge in [-0.1, -0.05) is 18.2 Å². The summed E-state index contributed by atoms with van der Waals surface area (Å²) in [6, 6.07) is 11.2. The minimum Gasteiger partial charge on any atom is -0.495 e. The highest BCUT2D eigenvalue weighted by Crippen LogP contribution is 2.23. The summed E-state index contributed by atoms with van der Waals surface area (Å²) in [4.78, 5) is 36.9. The van der Waals surface area contributed by atoms with Crippen LogP contribution in [-0.4, -0.2) is 41.8 Å². The van der Waals surface area contributed by atoms with Crippen LogP contribution in [-0.2, 0) is 4.79 Å². The molecule has 0 bridgehead atoms. The third-order valence-electron chi connectivity index (χ3n) is 4.04. The Morgan fingerprint density at radius 3 is 2.56 bits per heavy atom. The van der Waals surface area contributed by atoms with E-state index in [4.69, 9.17) is 4.74 Å². The first kappa shape index (κ1) is 19.9. The number of hydrogen-bond donors (Lipinski definition) is 1. The molecule has 0 saturated carbocycles. The van der Waals surface area contributed by atoms with Crippen LogP contribution in [0.2, 0.25) is 0 Å². The Labute approximate surface area is 156 Å². The summed E-state index contributed by atoms with van der Waals surface area (Å²) in [6.45, 7) is 3.43. The zero-order chi connectivity index (χ0) is 20.0. The summed E-state index contributed by atoms with van der Waals surface area (Å²) in [5.41, 5.74) is 1.00. The predicted octanol–water partition coefficient (Wildman–Crippen LogP) is 3.01. The van der Waals surface area contributed by atoms with Crippen LogP contribution in [0.25, 0.3) is 0 Å². The second kappa shape index (κ2) is 8.79. The molecule has 1 N–H and O–H groups in total. The van der Waals surface area contributed by atoms with Crippen LogP contribution in [0.3, 0.4) is 0 Å². The van der Waals surface area contributed by atoms with Crippen LogP contribution < -0.4 is 10.1 Å². The second-order valence-corrected chi connectivity index (χ2v) is 5.83. The molecule has 0 radical (unpaired) electrons. The highest BCUT2D eigenvalue weighted by atomic mass is 16.6. The molecule has 8 nitrogen and oxygen atoms in total. The lowest BCUT2D eigenvalue weighted by Crippen LogP contribution is -2.38. The van der Waals surface area contributed by atoms with E-state index in [2.05, 4.69) is 5.32 Å². The number of ether oxygens (including phenoxy) is 1. The van der Waals surface area contributed by atoms with E-state index in [0.717, 1.165) is 0 Å². The standard InChI is InChI=1S/C19H21N3O5/c1-4-21(12-18(23)20-15-7-5-6-8-17(15)27-3)19(24)14-10-9-13(2)16(11-14)22(25)26/h5-11H,4,12H2,1-3H3,(H,20,23). The smallest absolute Gasteiger partial charge is 0.273 e. The van der Waals surface area contributed by atoms with Gasteiger partial charge in [0, 0.05) is 23.7 Å². The minimum atomic E-state index is -0.531. The molecule has 0 aliphatic carbocycles. The number of para-hydroxylation sites is 2. The summed E-state index contributed by atoms with van der Waals surface area (Å²) < 4.78 is 5.18. The molecule has 2 rings (SSSR count). The summed E-state index contributed by atoms with van der Waals surface area (Å²) in [5.74, 6) is -0.332. The van der Waals surface area contributed by atoms with Crippen LogP contribution >= 0.6 is 0 Å². The van der Waals surface area contributed by atoms with Crippen LogP contribution in [0, 0.1) is 17.0 Å². The van der Waals surface area contributed by atoms with Gasteiger partial charge < -0.3 is 15.0 Å². The van der Waals surface area contributed by atoms with E-state index < -0.39 is 16.7 Å². The molecule has 27 heavy (non-hydrogen) atoms. The fourth-order valence-electron chi connectivity index (χ4n) is 2.56. The molecule has 0 heterocycles. The highest BCUT2D eigenvalue weighted by Gasteiger charge is 2.21. The first-order valence-electron chi connectivity index (χ1n) is 8.34. The van der Waals surface area contributed by atoms with Crippen LogP contribution in [0.5, 0.6) is 5.75 Å². The molecule has 2 aromatic rings. The molecule has 0 fully saturated rings. The average molecular weight is 371 g/mol. The molecule has 0 atom stereocenters. The van der Waals surface area contributed by atoms with Crippen molar-refractivity contribution in [2.45, 2.75) is 13.8 Å². The molecular weight excluding hydrogens is 350 g/mol. The molecule has 8 heteroatoms. The first-order chi connectivity index (χ1) is 12.9. The van der Waals surface area contributed by atoms with E-state index in [-0.39, 0.29) is 24.3 Å². The van der Waals surface area contributed by atoms with Crippen molar-refractivity contribution in [2.75, 3.05) is 25.5 Å². The number of aryl methyl sites for hydroxylation is 1. The van der Waals surface area contributed by atoms with Crippen LogP contribution in [0.15, 0.2) is 42.5 Å². The molecule has 2 amide bonds. The van der Waals surface area contributed by atoms with Gasteiger partial charge in [-0.2, -0.15) is 0 Å². The van der Waals surface area contributed by atoms with Gasteiger partial charge in [0.1, 0.15) is 12.3 Å². The van der Waals surface area contributed by atoms with Gasteiger partial charge in [0.05, 0.1) is 17.7 Å². The van der Waals surface area contributed by atoms with Crippen molar-refractivity contribution < 1.29 is 19.2 Å². The van der Waals surface area contributed by atoms with Gasteiger partial charge in [-0.05, 0) is 32.0 Å². The Hall–Kier alpha value is -3.42. The topological polar surface area (TPSA) is 102 Å². The van der Waals surface area contributed by atoms with Crippen molar-refractivity contribution in [3.63, 3.8) is 0 Å². The monoisotopic (exact) mass is 371 g/mol. The molecule has 2 aromatic carbocycles. The lowest BCUT2D eigenvalue weighted by atomic mass is 10.1. The fourth-order valence-corrected chi connectivity index (χ4v) is 2.56. The van der Waals surface area contributed by atoms with Gasteiger partial charge in [0.2, 0.25) is 5.91 Å². The molecule has 0 unspecified atom stereocenters. The third-order valence-corrected chi connectivity index (χ3v) is 4.04. The number of nitro groups is 1. The Balaban J connectivity index is 2.14. The number of hydrogen-bond acceptors (Lipinski definition) is 5. The maximum atomic E-state index is 12.7. The van der Waals surface area contributed by atoms with Gasteiger partial charge in [-0.15, -0.1) is 0 Å². The van der Waals surface area contributed by atoms with E-state index in [0.29, 0.717) is 17.0 Å². The summed E-state index contributed by atoms with van der Waals surface area (Å²) in [5, 5.41) is 13.8. The molecule has 142 valence electrons. The van der Waals surface area contributed by atoms with Crippen molar-refractivity contribution in [3.8, 4) is 5.75 Å². The third kappa shape index (κ3) is 4.81. The van der Waals surface area contributed by atoms with E-state index >= 15 is 0 Å². The van der Waals surface area contributed by atoms with E-state index in [1.54, 1.807) is 38.1 Å².